The SMILES string of the molecule is Cc1cc(F)c2c(c1F)CNC(C)C2C. The van der Waals surface area contributed by atoms with Crippen LogP contribution in [0.3, 0.4) is 0 Å². The van der Waals surface area contributed by atoms with Gasteiger partial charge in [0, 0.05) is 18.2 Å². The molecule has 1 aliphatic rings. The molecule has 2 unspecified atom stereocenters. The minimum Gasteiger partial charge on any atom is -0.309 e. The number of rotatable bonds is 0. The summed E-state index contributed by atoms with van der Waals surface area (Å²) >= 11 is 0. The van der Waals surface area contributed by atoms with E-state index in [9.17, 15) is 8.78 Å². The number of benzene rings is 1. The summed E-state index contributed by atoms with van der Waals surface area (Å²) in [6.45, 7) is 5.94. The zero-order valence-corrected chi connectivity index (χ0v) is 9.20. The molecule has 0 saturated carbocycles. The summed E-state index contributed by atoms with van der Waals surface area (Å²) in [4.78, 5) is 0. The third kappa shape index (κ3) is 1.55. The molecule has 0 aromatic heterocycles. The van der Waals surface area contributed by atoms with Crippen LogP contribution < -0.4 is 5.32 Å². The van der Waals surface area contributed by atoms with E-state index in [0.717, 1.165) is 0 Å². The van der Waals surface area contributed by atoms with Crippen LogP contribution in [-0.4, -0.2) is 6.04 Å². The maximum atomic E-state index is 13.8. The van der Waals surface area contributed by atoms with Gasteiger partial charge in [0.25, 0.3) is 0 Å². The van der Waals surface area contributed by atoms with E-state index in [1.54, 1.807) is 6.92 Å². The molecule has 0 saturated heterocycles. The molecule has 1 nitrogen and oxygen atoms in total. The van der Waals surface area contributed by atoms with Crippen LogP contribution in [0.25, 0.3) is 0 Å². The van der Waals surface area contributed by atoms with E-state index in [4.69, 9.17) is 0 Å². The average molecular weight is 211 g/mol. The quantitative estimate of drug-likeness (QED) is 0.695. The van der Waals surface area contributed by atoms with Crippen molar-refractivity contribution in [3.8, 4) is 0 Å². The third-order valence-electron chi connectivity index (χ3n) is 3.34. The van der Waals surface area contributed by atoms with Crippen molar-refractivity contribution in [1.82, 2.24) is 5.32 Å². The summed E-state index contributed by atoms with van der Waals surface area (Å²) in [5, 5.41) is 3.18. The summed E-state index contributed by atoms with van der Waals surface area (Å²) in [7, 11) is 0. The van der Waals surface area contributed by atoms with Gasteiger partial charge in [0.2, 0.25) is 0 Å². The van der Waals surface area contributed by atoms with Crippen LogP contribution in [0.2, 0.25) is 0 Å². The van der Waals surface area contributed by atoms with Gasteiger partial charge in [-0.2, -0.15) is 0 Å². The van der Waals surface area contributed by atoms with Gasteiger partial charge in [0.15, 0.2) is 0 Å². The molecule has 3 heteroatoms. The fraction of sp³-hybridized carbons (Fsp3) is 0.500. The molecule has 1 heterocycles. The predicted octanol–water partition coefficient (Wildman–Crippen LogP) is 2.87. The molecule has 0 aliphatic carbocycles. The van der Waals surface area contributed by atoms with Crippen LogP contribution in [-0.2, 0) is 6.54 Å². The first-order valence-electron chi connectivity index (χ1n) is 5.23. The van der Waals surface area contributed by atoms with E-state index in [2.05, 4.69) is 5.32 Å². The second kappa shape index (κ2) is 3.56. The van der Waals surface area contributed by atoms with E-state index in [0.29, 0.717) is 23.2 Å². The lowest BCUT2D eigenvalue weighted by molar-refractivity contribution is 0.415. The minimum atomic E-state index is -0.273. The van der Waals surface area contributed by atoms with Crippen LogP contribution in [0.15, 0.2) is 6.07 Å². The normalized spacial score (nSPS) is 25.1. The van der Waals surface area contributed by atoms with Crippen LogP contribution in [0.1, 0.15) is 36.5 Å². The van der Waals surface area contributed by atoms with Crippen molar-refractivity contribution in [1.29, 1.82) is 0 Å². The largest absolute Gasteiger partial charge is 0.309 e. The Bertz CT molecular complexity index is 401. The highest BCUT2D eigenvalue weighted by atomic mass is 19.1. The second-order valence-electron chi connectivity index (χ2n) is 4.34. The third-order valence-corrected chi connectivity index (χ3v) is 3.34. The Balaban J connectivity index is 2.64. The molecule has 0 fully saturated rings. The zero-order valence-electron chi connectivity index (χ0n) is 9.20. The summed E-state index contributed by atoms with van der Waals surface area (Å²) < 4.78 is 27.5. The van der Waals surface area contributed by atoms with Gasteiger partial charge in [0.1, 0.15) is 11.6 Å². The topological polar surface area (TPSA) is 12.0 Å². The molecule has 1 N–H and O–H groups in total. The van der Waals surface area contributed by atoms with Gasteiger partial charge in [-0.1, -0.05) is 6.92 Å². The highest BCUT2D eigenvalue weighted by molar-refractivity contribution is 5.39. The van der Waals surface area contributed by atoms with Crippen molar-refractivity contribution >= 4 is 0 Å². The maximum Gasteiger partial charge on any atom is 0.131 e. The van der Waals surface area contributed by atoms with Crippen LogP contribution in [0, 0.1) is 18.6 Å². The van der Waals surface area contributed by atoms with Gasteiger partial charge in [-0.15, -0.1) is 0 Å². The van der Waals surface area contributed by atoms with E-state index in [-0.39, 0.29) is 23.6 Å². The Morgan fingerprint density at radius 1 is 1.33 bits per heavy atom. The fourth-order valence-electron chi connectivity index (χ4n) is 2.19. The first-order valence-corrected chi connectivity index (χ1v) is 5.23. The Labute approximate surface area is 88.5 Å². The lowest BCUT2D eigenvalue weighted by atomic mass is 9.85. The fourth-order valence-corrected chi connectivity index (χ4v) is 2.19. The first-order chi connectivity index (χ1) is 7.02. The standard InChI is InChI=1S/C12H15F2N/c1-6-4-10(13)11-7(2)8(3)15-5-9(11)12(6)14/h4,7-8,15H,5H2,1-3H3. The number of fused-ring (bicyclic) bond motifs is 1. The lowest BCUT2D eigenvalue weighted by Crippen LogP contribution is -2.37. The van der Waals surface area contributed by atoms with Crippen LogP contribution in [0.5, 0.6) is 0 Å². The number of hydrogen-bond acceptors (Lipinski definition) is 1. The smallest absolute Gasteiger partial charge is 0.131 e. The molecule has 0 bridgehead atoms. The number of nitrogens with one attached hydrogen (secondary N) is 1. The van der Waals surface area contributed by atoms with Crippen molar-refractivity contribution in [2.24, 2.45) is 0 Å². The number of halogens is 2. The Kier molecular flexibility index (Phi) is 2.51. The molecule has 2 rings (SSSR count). The van der Waals surface area contributed by atoms with Crippen molar-refractivity contribution < 1.29 is 8.78 Å². The van der Waals surface area contributed by atoms with Gasteiger partial charge in [0.05, 0.1) is 0 Å². The van der Waals surface area contributed by atoms with Gasteiger partial charge in [-0.25, -0.2) is 8.78 Å². The molecule has 0 radical (unpaired) electrons. The predicted molar refractivity (Wildman–Crippen MR) is 55.8 cm³/mol. The van der Waals surface area contributed by atoms with Gasteiger partial charge < -0.3 is 5.32 Å². The monoisotopic (exact) mass is 211 g/mol. The minimum absolute atomic E-state index is 0.0175. The molecule has 1 aromatic rings. The molecular formula is C12H15F2N. The maximum absolute atomic E-state index is 13.8. The second-order valence-corrected chi connectivity index (χ2v) is 4.34. The molecule has 2 atom stereocenters. The van der Waals surface area contributed by atoms with E-state index < -0.39 is 0 Å². The van der Waals surface area contributed by atoms with E-state index in [1.165, 1.54) is 6.07 Å². The van der Waals surface area contributed by atoms with E-state index >= 15 is 0 Å². The lowest BCUT2D eigenvalue weighted by Gasteiger charge is -2.30. The zero-order chi connectivity index (χ0) is 11.2. The molecule has 0 amide bonds. The summed E-state index contributed by atoms with van der Waals surface area (Å²) in [6, 6.07) is 1.48. The molecular weight excluding hydrogens is 196 g/mol. The van der Waals surface area contributed by atoms with E-state index in [1.807, 2.05) is 13.8 Å². The molecule has 15 heavy (non-hydrogen) atoms. The molecule has 1 aliphatic heterocycles. The molecule has 0 spiro atoms. The Hall–Kier alpha value is -0.960. The summed E-state index contributed by atoms with van der Waals surface area (Å²) in [6.07, 6.45) is 0. The van der Waals surface area contributed by atoms with Crippen molar-refractivity contribution in [3.63, 3.8) is 0 Å². The molecule has 82 valence electrons. The highest BCUT2D eigenvalue weighted by Crippen LogP contribution is 2.32. The number of aryl methyl sites for hydroxylation is 1. The van der Waals surface area contributed by atoms with Gasteiger partial charge in [-0.05, 0) is 37.0 Å². The van der Waals surface area contributed by atoms with Crippen LogP contribution >= 0.6 is 0 Å². The Morgan fingerprint density at radius 3 is 2.67 bits per heavy atom. The highest BCUT2D eigenvalue weighted by Gasteiger charge is 2.28. The summed E-state index contributed by atoms with van der Waals surface area (Å²) in [5.74, 6) is -0.522. The van der Waals surface area contributed by atoms with Crippen molar-refractivity contribution in [2.45, 2.75) is 39.3 Å². The average Bonchev–Trinajstić information content (AvgIpc) is 2.18. The van der Waals surface area contributed by atoms with Crippen molar-refractivity contribution in [3.05, 3.63) is 34.4 Å². The van der Waals surface area contributed by atoms with Gasteiger partial charge in [-0.3, -0.25) is 0 Å². The van der Waals surface area contributed by atoms with Crippen molar-refractivity contribution in [2.75, 3.05) is 0 Å². The first kappa shape index (κ1) is 10.6. The Morgan fingerprint density at radius 2 is 2.00 bits per heavy atom. The number of hydrogen-bond donors (Lipinski definition) is 1. The molecule has 1 aromatic carbocycles. The van der Waals surface area contributed by atoms with Gasteiger partial charge >= 0.3 is 0 Å². The summed E-state index contributed by atoms with van der Waals surface area (Å²) in [5.41, 5.74) is 1.43. The van der Waals surface area contributed by atoms with Crippen LogP contribution in [0.4, 0.5) is 8.78 Å².